The first-order valence-electron chi connectivity index (χ1n) is 8.85. The third-order valence-corrected chi connectivity index (χ3v) is 5.18. The normalized spacial score (nSPS) is 19.9. The van der Waals surface area contributed by atoms with E-state index in [1.54, 1.807) is 0 Å². The van der Waals surface area contributed by atoms with Gasteiger partial charge in [0.2, 0.25) is 11.8 Å². The van der Waals surface area contributed by atoms with Gasteiger partial charge in [0.05, 0.1) is 0 Å². The second-order valence-corrected chi connectivity index (χ2v) is 6.90. The quantitative estimate of drug-likeness (QED) is 0.818. The van der Waals surface area contributed by atoms with E-state index in [4.69, 9.17) is 0 Å². The Morgan fingerprint density at radius 2 is 1.70 bits per heavy atom. The molecule has 0 spiro atoms. The van der Waals surface area contributed by atoms with E-state index in [-0.39, 0.29) is 17.9 Å². The van der Waals surface area contributed by atoms with Crippen LogP contribution in [0, 0.1) is 5.41 Å². The van der Waals surface area contributed by atoms with Crippen molar-refractivity contribution in [2.45, 2.75) is 64.3 Å². The highest BCUT2D eigenvalue weighted by atomic mass is 16.2. The van der Waals surface area contributed by atoms with Crippen molar-refractivity contribution in [3.05, 3.63) is 29.8 Å². The Morgan fingerprint density at radius 3 is 2.26 bits per heavy atom. The number of rotatable bonds is 5. The molecule has 0 heterocycles. The van der Waals surface area contributed by atoms with Crippen molar-refractivity contribution in [1.29, 1.82) is 0 Å². The van der Waals surface area contributed by atoms with Gasteiger partial charge < -0.3 is 10.6 Å². The number of hydrogen-bond donors (Lipinski definition) is 2. The van der Waals surface area contributed by atoms with Gasteiger partial charge in [-0.3, -0.25) is 9.59 Å². The van der Waals surface area contributed by atoms with Crippen LogP contribution in [0.15, 0.2) is 24.3 Å². The SMILES string of the molecule is CCc1ccc(NC(=O)C2(C(=O)NC3CCCCC3)CC2)cc1. The number of anilines is 1. The lowest BCUT2D eigenvalue weighted by Crippen LogP contribution is -2.45. The zero-order valence-electron chi connectivity index (χ0n) is 13.9. The Balaban J connectivity index is 1.59. The molecule has 1 aromatic rings. The monoisotopic (exact) mass is 314 g/mol. The van der Waals surface area contributed by atoms with Crippen LogP contribution in [0.3, 0.4) is 0 Å². The summed E-state index contributed by atoms with van der Waals surface area (Å²) in [5.41, 5.74) is 1.17. The summed E-state index contributed by atoms with van der Waals surface area (Å²) in [5.74, 6) is -0.234. The fourth-order valence-electron chi connectivity index (χ4n) is 3.33. The summed E-state index contributed by atoms with van der Waals surface area (Å²) < 4.78 is 0. The Kier molecular flexibility index (Phi) is 4.69. The van der Waals surface area contributed by atoms with Crippen LogP contribution in [0.4, 0.5) is 5.69 Å². The lowest BCUT2D eigenvalue weighted by Gasteiger charge is -2.25. The highest BCUT2D eigenvalue weighted by Gasteiger charge is 2.56. The summed E-state index contributed by atoms with van der Waals surface area (Å²) in [5, 5.41) is 6.02. The van der Waals surface area contributed by atoms with E-state index in [2.05, 4.69) is 17.6 Å². The zero-order chi connectivity index (χ0) is 16.3. The van der Waals surface area contributed by atoms with E-state index in [1.165, 1.54) is 24.8 Å². The van der Waals surface area contributed by atoms with Crippen LogP contribution >= 0.6 is 0 Å². The molecule has 0 aromatic heterocycles. The van der Waals surface area contributed by atoms with Crippen LogP contribution in [-0.2, 0) is 16.0 Å². The van der Waals surface area contributed by atoms with Crippen LogP contribution in [0.2, 0.25) is 0 Å². The largest absolute Gasteiger partial charge is 0.352 e. The molecule has 3 rings (SSSR count). The van der Waals surface area contributed by atoms with E-state index >= 15 is 0 Å². The highest BCUT2D eigenvalue weighted by Crippen LogP contribution is 2.47. The molecule has 4 nitrogen and oxygen atoms in total. The molecule has 2 fully saturated rings. The summed E-state index contributed by atoms with van der Waals surface area (Å²) in [7, 11) is 0. The molecule has 2 amide bonds. The molecular weight excluding hydrogens is 288 g/mol. The number of hydrogen-bond acceptors (Lipinski definition) is 2. The molecule has 1 aromatic carbocycles. The molecule has 23 heavy (non-hydrogen) atoms. The maximum Gasteiger partial charge on any atom is 0.240 e. The minimum atomic E-state index is -0.832. The van der Waals surface area contributed by atoms with Crippen molar-refractivity contribution in [3.8, 4) is 0 Å². The molecular formula is C19H26N2O2. The van der Waals surface area contributed by atoms with Crippen molar-refractivity contribution in [1.82, 2.24) is 5.32 Å². The highest BCUT2D eigenvalue weighted by molar-refractivity contribution is 6.13. The number of amides is 2. The average molecular weight is 314 g/mol. The van der Waals surface area contributed by atoms with Gasteiger partial charge in [-0.25, -0.2) is 0 Å². The number of nitrogens with one attached hydrogen (secondary N) is 2. The summed E-state index contributed by atoms with van der Waals surface area (Å²) in [4.78, 5) is 25.1. The van der Waals surface area contributed by atoms with Gasteiger partial charge >= 0.3 is 0 Å². The van der Waals surface area contributed by atoms with E-state index in [0.29, 0.717) is 12.8 Å². The molecule has 124 valence electrons. The molecule has 0 radical (unpaired) electrons. The van der Waals surface area contributed by atoms with Gasteiger partial charge in [-0.1, -0.05) is 38.3 Å². The lowest BCUT2D eigenvalue weighted by molar-refractivity contribution is -0.135. The zero-order valence-corrected chi connectivity index (χ0v) is 13.9. The minimum Gasteiger partial charge on any atom is -0.352 e. The third kappa shape index (κ3) is 3.57. The van der Waals surface area contributed by atoms with Crippen LogP contribution < -0.4 is 10.6 Å². The maximum atomic E-state index is 12.6. The summed E-state index contributed by atoms with van der Waals surface area (Å²) in [6.45, 7) is 2.10. The standard InChI is InChI=1S/C19H26N2O2/c1-2-14-8-10-16(11-9-14)21-18(23)19(12-13-19)17(22)20-15-6-4-3-5-7-15/h8-11,15H,2-7,12-13H2,1H3,(H,20,22)(H,21,23). The maximum absolute atomic E-state index is 12.6. The van der Waals surface area contributed by atoms with Crippen molar-refractivity contribution in [3.63, 3.8) is 0 Å². The van der Waals surface area contributed by atoms with Crippen molar-refractivity contribution >= 4 is 17.5 Å². The predicted molar refractivity (Wildman–Crippen MR) is 91.1 cm³/mol. The van der Waals surface area contributed by atoms with Gasteiger partial charge in [-0.15, -0.1) is 0 Å². The van der Waals surface area contributed by atoms with Crippen molar-refractivity contribution < 1.29 is 9.59 Å². The van der Waals surface area contributed by atoms with Crippen LogP contribution in [0.25, 0.3) is 0 Å². The fourth-order valence-corrected chi connectivity index (χ4v) is 3.33. The van der Waals surface area contributed by atoms with E-state index < -0.39 is 5.41 Å². The topological polar surface area (TPSA) is 58.2 Å². The molecule has 2 aliphatic rings. The first-order valence-corrected chi connectivity index (χ1v) is 8.85. The second kappa shape index (κ2) is 6.73. The Labute approximate surface area is 138 Å². The summed E-state index contributed by atoms with van der Waals surface area (Å²) in [6.07, 6.45) is 7.98. The van der Waals surface area contributed by atoms with Crippen LogP contribution in [0.1, 0.15) is 57.4 Å². The number of carbonyl (C=O) groups is 2. The van der Waals surface area contributed by atoms with E-state index in [1.807, 2.05) is 24.3 Å². The number of aryl methyl sites for hydroxylation is 1. The lowest BCUT2D eigenvalue weighted by atomic mass is 9.94. The minimum absolute atomic E-state index is 0.0768. The average Bonchev–Trinajstić information content (AvgIpc) is 3.38. The Hall–Kier alpha value is -1.84. The van der Waals surface area contributed by atoms with Crippen molar-refractivity contribution in [2.24, 2.45) is 5.41 Å². The Morgan fingerprint density at radius 1 is 1.04 bits per heavy atom. The van der Waals surface area contributed by atoms with Gasteiger partial charge in [0, 0.05) is 11.7 Å². The molecule has 0 atom stereocenters. The second-order valence-electron chi connectivity index (χ2n) is 6.90. The molecule has 0 saturated heterocycles. The molecule has 0 aliphatic heterocycles. The molecule has 2 N–H and O–H groups in total. The summed E-state index contributed by atoms with van der Waals surface area (Å²) in [6, 6.07) is 8.09. The fraction of sp³-hybridized carbons (Fsp3) is 0.579. The van der Waals surface area contributed by atoms with E-state index in [9.17, 15) is 9.59 Å². The molecule has 4 heteroatoms. The van der Waals surface area contributed by atoms with Gasteiger partial charge in [0.25, 0.3) is 0 Å². The van der Waals surface area contributed by atoms with Crippen LogP contribution in [0.5, 0.6) is 0 Å². The smallest absolute Gasteiger partial charge is 0.240 e. The predicted octanol–water partition coefficient (Wildman–Crippen LogP) is 3.42. The first kappa shape index (κ1) is 16.0. The number of carbonyl (C=O) groups excluding carboxylic acids is 2. The number of benzene rings is 1. The molecule has 0 bridgehead atoms. The Bertz CT molecular complexity index is 570. The first-order chi connectivity index (χ1) is 11.1. The summed E-state index contributed by atoms with van der Waals surface area (Å²) >= 11 is 0. The molecule has 2 aliphatic carbocycles. The van der Waals surface area contributed by atoms with Crippen LogP contribution in [-0.4, -0.2) is 17.9 Å². The van der Waals surface area contributed by atoms with Gasteiger partial charge in [-0.2, -0.15) is 0 Å². The molecule has 2 saturated carbocycles. The van der Waals surface area contributed by atoms with Gasteiger partial charge in [-0.05, 0) is 49.8 Å². The van der Waals surface area contributed by atoms with Gasteiger partial charge in [0.15, 0.2) is 0 Å². The van der Waals surface area contributed by atoms with Gasteiger partial charge in [0.1, 0.15) is 5.41 Å². The van der Waals surface area contributed by atoms with E-state index in [0.717, 1.165) is 24.9 Å². The third-order valence-electron chi connectivity index (χ3n) is 5.18. The molecule has 0 unspecified atom stereocenters. The van der Waals surface area contributed by atoms with Crippen molar-refractivity contribution in [2.75, 3.05) is 5.32 Å².